The lowest BCUT2D eigenvalue weighted by molar-refractivity contribution is 0.0921. The fourth-order valence-corrected chi connectivity index (χ4v) is 2.73. The van der Waals surface area contributed by atoms with Gasteiger partial charge in [-0.1, -0.05) is 11.6 Å². The van der Waals surface area contributed by atoms with Crippen LogP contribution in [0.1, 0.15) is 33.6 Å². The van der Waals surface area contributed by atoms with Crippen LogP contribution in [0.3, 0.4) is 0 Å². The summed E-state index contributed by atoms with van der Waals surface area (Å²) in [6, 6.07) is 0.722. The molecule has 1 unspecified atom stereocenters. The summed E-state index contributed by atoms with van der Waals surface area (Å²) in [5.74, 6) is 0.923. The first-order chi connectivity index (χ1) is 7.52. The average molecular weight is 243 g/mol. The molecule has 1 saturated heterocycles. The van der Waals surface area contributed by atoms with Crippen molar-refractivity contribution in [1.82, 2.24) is 10.2 Å². The molecule has 1 atom stereocenters. The van der Waals surface area contributed by atoms with E-state index in [9.17, 15) is 0 Å². The highest BCUT2D eigenvalue weighted by Gasteiger charge is 2.40. The van der Waals surface area contributed by atoms with Gasteiger partial charge in [-0.05, 0) is 45.1 Å². The fourth-order valence-electron chi connectivity index (χ4n) is 2.66. The lowest BCUT2D eigenvalue weighted by atomic mass is 9.96. The Labute approximate surface area is 104 Å². The normalized spacial score (nSPS) is 31.8. The van der Waals surface area contributed by atoms with Gasteiger partial charge in [0.1, 0.15) is 0 Å². The number of hydrogen-bond acceptors (Lipinski definition) is 2. The standard InChI is InChI=1S/C13H23ClN2/c1-10(6-14)8-16-9-13(2,3)15-7-12(16)11-4-5-11/h6,11-12,15H,4-5,7-9H2,1-3H3. The zero-order valence-electron chi connectivity index (χ0n) is 10.6. The lowest BCUT2D eigenvalue weighted by Crippen LogP contribution is -2.62. The van der Waals surface area contributed by atoms with Crippen molar-refractivity contribution in [2.24, 2.45) is 5.92 Å². The largest absolute Gasteiger partial charge is 0.309 e. The first-order valence-corrected chi connectivity index (χ1v) is 6.70. The van der Waals surface area contributed by atoms with E-state index in [1.807, 2.05) is 0 Å². The van der Waals surface area contributed by atoms with Gasteiger partial charge in [-0.2, -0.15) is 0 Å². The van der Waals surface area contributed by atoms with Crippen LogP contribution < -0.4 is 5.32 Å². The Bertz CT molecular complexity index is 282. The molecule has 1 aliphatic carbocycles. The summed E-state index contributed by atoms with van der Waals surface area (Å²) in [5, 5.41) is 3.66. The van der Waals surface area contributed by atoms with Crippen LogP contribution >= 0.6 is 11.6 Å². The zero-order valence-corrected chi connectivity index (χ0v) is 11.3. The molecule has 92 valence electrons. The van der Waals surface area contributed by atoms with Crippen LogP contribution in [0.25, 0.3) is 0 Å². The summed E-state index contributed by atoms with van der Waals surface area (Å²) in [6.45, 7) is 9.96. The Morgan fingerprint density at radius 3 is 2.75 bits per heavy atom. The molecule has 1 N–H and O–H groups in total. The maximum Gasteiger partial charge on any atom is 0.0253 e. The van der Waals surface area contributed by atoms with Crippen LogP contribution in [0.5, 0.6) is 0 Å². The average Bonchev–Trinajstić information content (AvgIpc) is 3.00. The molecule has 1 aliphatic heterocycles. The van der Waals surface area contributed by atoms with Gasteiger partial charge in [-0.15, -0.1) is 0 Å². The van der Waals surface area contributed by atoms with E-state index in [0.29, 0.717) is 0 Å². The molecule has 0 aromatic heterocycles. The molecule has 0 aromatic carbocycles. The maximum atomic E-state index is 5.78. The van der Waals surface area contributed by atoms with Crippen molar-refractivity contribution in [3.63, 3.8) is 0 Å². The molecular formula is C13H23ClN2. The molecule has 1 heterocycles. The molecule has 0 aromatic rings. The van der Waals surface area contributed by atoms with Crippen molar-refractivity contribution in [1.29, 1.82) is 0 Å². The van der Waals surface area contributed by atoms with Crippen molar-refractivity contribution in [2.45, 2.75) is 45.2 Å². The third-order valence-corrected chi connectivity index (χ3v) is 4.03. The van der Waals surface area contributed by atoms with E-state index in [-0.39, 0.29) is 5.54 Å². The van der Waals surface area contributed by atoms with Crippen molar-refractivity contribution in [3.05, 3.63) is 11.1 Å². The Morgan fingerprint density at radius 2 is 2.19 bits per heavy atom. The Kier molecular flexibility index (Phi) is 3.62. The topological polar surface area (TPSA) is 15.3 Å². The van der Waals surface area contributed by atoms with E-state index in [2.05, 4.69) is 31.0 Å². The van der Waals surface area contributed by atoms with E-state index >= 15 is 0 Å². The molecule has 2 nitrogen and oxygen atoms in total. The van der Waals surface area contributed by atoms with Crippen LogP contribution in [-0.2, 0) is 0 Å². The van der Waals surface area contributed by atoms with Gasteiger partial charge in [0.15, 0.2) is 0 Å². The van der Waals surface area contributed by atoms with Gasteiger partial charge in [0.05, 0.1) is 0 Å². The first kappa shape index (κ1) is 12.4. The highest BCUT2D eigenvalue weighted by atomic mass is 35.5. The molecule has 2 aliphatic rings. The molecule has 2 fully saturated rings. The van der Waals surface area contributed by atoms with Crippen molar-refractivity contribution < 1.29 is 0 Å². The van der Waals surface area contributed by atoms with E-state index in [4.69, 9.17) is 11.6 Å². The molecule has 1 saturated carbocycles. The second kappa shape index (κ2) is 4.67. The molecule has 3 heteroatoms. The predicted molar refractivity (Wildman–Crippen MR) is 69.8 cm³/mol. The van der Waals surface area contributed by atoms with Crippen molar-refractivity contribution in [3.8, 4) is 0 Å². The predicted octanol–water partition coefficient (Wildman–Crippen LogP) is 2.59. The Balaban J connectivity index is 2.02. The second-order valence-electron chi connectivity index (χ2n) is 6.03. The van der Waals surface area contributed by atoms with Crippen LogP contribution in [-0.4, -0.2) is 36.1 Å². The van der Waals surface area contributed by atoms with Gasteiger partial charge in [-0.25, -0.2) is 0 Å². The summed E-state index contributed by atoms with van der Waals surface area (Å²) in [7, 11) is 0. The number of nitrogens with one attached hydrogen (secondary N) is 1. The van der Waals surface area contributed by atoms with Gasteiger partial charge < -0.3 is 5.32 Å². The summed E-state index contributed by atoms with van der Waals surface area (Å²) in [4.78, 5) is 2.61. The highest BCUT2D eigenvalue weighted by Crippen LogP contribution is 2.37. The Morgan fingerprint density at radius 1 is 1.50 bits per heavy atom. The number of rotatable bonds is 3. The molecular weight excluding hydrogens is 220 g/mol. The minimum absolute atomic E-state index is 0.234. The second-order valence-corrected chi connectivity index (χ2v) is 6.25. The lowest BCUT2D eigenvalue weighted by Gasteiger charge is -2.45. The SMILES string of the molecule is CC(=CCl)CN1CC(C)(C)NCC1C1CC1. The monoisotopic (exact) mass is 242 g/mol. The van der Waals surface area contributed by atoms with E-state index in [0.717, 1.165) is 31.6 Å². The molecule has 0 bridgehead atoms. The van der Waals surface area contributed by atoms with Crippen molar-refractivity contribution >= 4 is 11.6 Å². The van der Waals surface area contributed by atoms with Gasteiger partial charge in [0, 0.05) is 36.8 Å². The van der Waals surface area contributed by atoms with Crippen LogP contribution in [0.2, 0.25) is 0 Å². The van der Waals surface area contributed by atoms with Gasteiger partial charge in [0.2, 0.25) is 0 Å². The maximum absolute atomic E-state index is 5.78. The smallest absolute Gasteiger partial charge is 0.0253 e. The summed E-state index contributed by atoms with van der Waals surface area (Å²) in [6.07, 6.45) is 2.82. The van der Waals surface area contributed by atoms with Crippen LogP contribution in [0.4, 0.5) is 0 Å². The van der Waals surface area contributed by atoms with Gasteiger partial charge >= 0.3 is 0 Å². The first-order valence-electron chi connectivity index (χ1n) is 6.27. The van der Waals surface area contributed by atoms with E-state index < -0.39 is 0 Å². The van der Waals surface area contributed by atoms with Crippen molar-refractivity contribution in [2.75, 3.05) is 19.6 Å². The minimum Gasteiger partial charge on any atom is -0.309 e. The van der Waals surface area contributed by atoms with E-state index in [1.165, 1.54) is 18.4 Å². The van der Waals surface area contributed by atoms with Crippen LogP contribution in [0, 0.1) is 5.92 Å². The van der Waals surface area contributed by atoms with Gasteiger partial charge in [-0.3, -0.25) is 4.90 Å². The number of nitrogens with zero attached hydrogens (tertiary/aromatic N) is 1. The van der Waals surface area contributed by atoms with E-state index in [1.54, 1.807) is 5.54 Å². The number of halogens is 1. The molecule has 16 heavy (non-hydrogen) atoms. The fraction of sp³-hybridized carbons (Fsp3) is 0.846. The molecule has 0 spiro atoms. The number of piperazine rings is 1. The third-order valence-electron chi connectivity index (χ3n) is 3.66. The molecule has 0 radical (unpaired) electrons. The van der Waals surface area contributed by atoms with Gasteiger partial charge in [0.25, 0.3) is 0 Å². The van der Waals surface area contributed by atoms with Crippen LogP contribution in [0.15, 0.2) is 11.1 Å². The third kappa shape index (κ3) is 2.99. The summed E-state index contributed by atoms with van der Waals surface area (Å²) >= 11 is 5.78. The molecule has 2 rings (SSSR count). The Hall–Kier alpha value is -0.0500. The highest BCUT2D eigenvalue weighted by molar-refractivity contribution is 6.25. The quantitative estimate of drug-likeness (QED) is 0.819. The summed E-state index contributed by atoms with van der Waals surface area (Å²) < 4.78 is 0. The summed E-state index contributed by atoms with van der Waals surface area (Å²) in [5.41, 5.74) is 3.22. The number of hydrogen-bond donors (Lipinski definition) is 1. The minimum atomic E-state index is 0.234. The zero-order chi connectivity index (χ0) is 11.8. The molecule has 0 amide bonds.